The first kappa shape index (κ1) is 21.7. The summed E-state index contributed by atoms with van der Waals surface area (Å²) in [5, 5.41) is 0. The smallest absolute Gasteiger partial charge is 0.333 e. The second-order valence-corrected chi connectivity index (χ2v) is 7.92. The molecule has 3 aromatic carbocycles. The third-order valence-electron chi connectivity index (χ3n) is 5.78. The van der Waals surface area contributed by atoms with Crippen molar-refractivity contribution in [2.24, 2.45) is 7.05 Å². The number of methoxy groups -OCH3 is 1. The highest BCUT2D eigenvalue weighted by atomic mass is 19.3. The van der Waals surface area contributed by atoms with Gasteiger partial charge in [-0.2, -0.15) is 0 Å². The predicted molar refractivity (Wildman–Crippen MR) is 125 cm³/mol. The van der Waals surface area contributed by atoms with Gasteiger partial charge in [0.25, 0.3) is 6.43 Å². The lowest BCUT2D eigenvalue weighted by Gasteiger charge is -2.37. The SMILES string of the molecule is COc1ccc(N2C(=O)N(c3ccc4ncn(C)c4c3)Cc3ccc(OCC(F)F)cc32)cc1. The fourth-order valence-electron chi connectivity index (χ4n) is 4.06. The van der Waals surface area contributed by atoms with E-state index in [0.717, 1.165) is 22.3 Å². The third kappa shape index (κ3) is 3.89. The van der Waals surface area contributed by atoms with E-state index in [4.69, 9.17) is 9.47 Å². The summed E-state index contributed by atoms with van der Waals surface area (Å²) in [7, 11) is 3.47. The normalized spacial score (nSPS) is 13.5. The first-order valence-electron chi connectivity index (χ1n) is 10.7. The molecule has 0 saturated carbocycles. The molecule has 4 aromatic rings. The Morgan fingerprint density at radius 1 is 1.00 bits per heavy atom. The van der Waals surface area contributed by atoms with Gasteiger partial charge < -0.3 is 14.0 Å². The van der Waals surface area contributed by atoms with Crippen LogP contribution in [0.15, 0.2) is 67.0 Å². The number of aryl methyl sites for hydroxylation is 1. The molecule has 0 bridgehead atoms. The summed E-state index contributed by atoms with van der Waals surface area (Å²) >= 11 is 0. The summed E-state index contributed by atoms with van der Waals surface area (Å²) < 4.78 is 37.7. The maximum Gasteiger partial charge on any atom is 0.333 e. The van der Waals surface area contributed by atoms with E-state index in [1.807, 2.05) is 29.8 Å². The number of rotatable bonds is 6. The number of alkyl halides is 2. The van der Waals surface area contributed by atoms with Gasteiger partial charge in [-0.05, 0) is 54.1 Å². The largest absolute Gasteiger partial charge is 0.497 e. The van der Waals surface area contributed by atoms with E-state index in [2.05, 4.69) is 4.98 Å². The number of urea groups is 1. The van der Waals surface area contributed by atoms with Crippen LogP contribution in [0.25, 0.3) is 11.0 Å². The monoisotopic (exact) mass is 464 g/mol. The minimum atomic E-state index is -2.59. The van der Waals surface area contributed by atoms with E-state index in [1.165, 1.54) is 0 Å². The Balaban J connectivity index is 1.59. The highest BCUT2D eigenvalue weighted by Crippen LogP contribution is 2.39. The molecule has 1 aliphatic heterocycles. The molecule has 34 heavy (non-hydrogen) atoms. The lowest BCUT2D eigenvalue weighted by molar-refractivity contribution is 0.0819. The van der Waals surface area contributed by atoms with Crippen LogP contribution in [0.2, 0.25) is 0 Å². The summed E-state index contributed by atoms with van der Waals surface area (Å²) in [6, 6.07) is 17.6. The average Bonchev–Trinajstić information content (AvgIpc) is 3.22. The molecule has 5 rings (SSSR count). The number of halogens is 2. The molecule has 1 aliphatic rings. The molecule has 174 valence electrons. The summed E-state index contributed by atoms with van der Waals surface area (Å²) in [5.74, 6) is 0.927. The van der Waals surface area contributed by atoms with Gasteiger partial charge in [-0.3, -0.25) is 9.80 Å². The molecule has 0 N–H and O–H groups in total. The van der Waals surface area contributed by atoms with Gasteiger partial charge in [0, 0.05) is 18.8 Å². The van der Waals surface area contributed by atoms with Crippen molar-refractivity contribution >= 4 is 34.1 Å². The first-order valence-corrected chi connectivity index (χ1v) is 10.7. The number of aromatic nitrogens is 2. The van der Waals surface area contributed by atoms with Gasteiger partial charge in [0.05, 0.1) is 42.4 Å². The van der Waals surface area contributed by atoms with E-state index in [0.29, 0.717) is 23.7 Å². The van der Waals surface area contributed by atoms with Crippen molar-refractivity contribution < 1.29 is 23.0 Å². The summed E-state index contributed by atoms with van der Waals surface area (Å²) in [6.07, 6.45) is -0.861. The number of benzene rings is 3. The van der Waals surface area contributed by atoms with Crippen LogP contribution in [-0.4, -0.2) is 35.7 Å². The Morgan fingerprint density at radius 3 is 2.47 bits per heavy atom. The fraction of sp³-hybridized carbons (Fsp3) is 0.200. The van der Waals surface area contributed by atoms with Gasteiger partial charge >= 0.3 is 6.03 Å². The van der Waals surface area contributed by atoms with Gasteiger partial charge in [-0.25, -0.2) is 18.6 Å². The Hall–Kier alpha value is -4.14. The van der Waals surface area contributed by atoms with Crippen LogP contribution in [0.1, 0.15) is 5.56 Å². The molecular formula is C25H22F2N4O3. The van der Waals surface area contributed by atoms with Crippen molar-refractivity contribution in [1.82, 2.24) is 9.55 Å². The van der Waals surface area contributed by atoms with Crippen molar-refractivity contribution in [2.75, 3.05) is 23.5 Å². The van der Waals surface area contributed by atoms with Crippen molar-refractivity contribution in [2.45, 2.75) is 13.0 Å². The van der Waals surface area contributed by atoms with Gasteiger partial charge in [0.15, 0.2) is 0 Å². The number of carbonyl (C=O) groups excluding carboxylic acids is 1. The van der Waals surface area contributed by atoms with Crippen LogP contribution in [0.3, 0.4) is 0 Å². The molecule has 0 saturated heterocycles. The Kier molecular flexibility index (Phi) is 5.53. The first-order chi connectivity index (χ1) is 16.4. The highest BCUT2D eigenvalue weighted by molar-refractivity contribution is 6.11. The fourth-order valence-corrected chi connectivity index (χ4v) is 4.06. The van der Waals surface area contributed by atoms with Crippen LogP contribution < -0.4 is 19.3 Å². The molecule has 0 unspecified atom stereocenters. The van der Waals surface area contributed by atoms with Gasteiger partial charge in [0.1, 0.15) is 18.1 Å². The van der Waals surface area contributed by atoms with E-state index in [9.17, 15) is 13.6 Å². The van der Waals surface area contributed by atoms with Crippen LogP contribution in [0.4, 0.5) is 30.6 Å². The van der Waals surface area contributed by atoms with E-state index < -0.39 is 13.0 Å². The van der Waals surface area contributed by atoms with Crippen molar-refractivity contribution in [3.8, 4) is 11.5 Å². The van der Waals surface area contributed by atoms with Crippen LogP contribution >= 0.6 is 0 Å². The van der Waals surface area contributed by atoms with Crippen LogP contribution in [0.5, 0.6) is 11.5 Å². The number of hydrogen-bond donors (Lipinski definition) is 0. The molecule has 9 heteroatoms. The molecule has 0 spiro atoms. The zero-order valence-electron chi connectivity index (χ0n) is 18.6. The zero-order valence-corrected chi connectivity index (χ0v) is 18.6. The number of fused-ring (bicyclic) bond motifs is 2. The summed E-state index contributed by atoms with van der Waals surface area (Å²) in [4.78, 5) is 21.4. The minimum absolute atomic E-state index is 0.273. The van der Waals surface area contributed by atoms with Gasteiger partial charge in [-0.1, -0.05) is 6.07 Å². The van der Waals surface area contributed by atoms with Gasteiger partial charge in [-0.15, -0.1) is 0 Å². The van der Waals surface area contributed by atoms with Crippen LogP contribution in [0, 0.1) is 0 Å². The molecule has 0 aliphatic carbocycles. The Morgan fingerprint density at radius 2 is 1.74 bits per heavy atom. The predicted octanol–water partition coefficient (Wildman–Crippen LogP) is 5.50. The third-order valence-corrected chi connectivity index (χ3v) is 5.78. The molecule has 2 heterocycles. The average molecular weight is 464 g/mol. The van der Waals surface area contributed by atoms with Crippen molar-refractivity contribution in [1.29, 1.82) is 0 Å². The second-order valence-electron chi connectivity index (χ2n) is 7.92. The molecular weight excluding hydrogens is 442 g/mol. The molecule has 1 aromatic heterocycles. The number of nitrogens with zero attached hydrogens (tertiary/aromatic N) is 4. The van der Waals surface area contributed by atoms with E-state index in [1.54, 1.807) is 65.7 Å². The number of hydrogen-bond acceptors (Lipinski definition) is 4. The minimum Gasteiger partial charge on any atom is -0.497 e. The number of anilines is 3. The zero-order chi connectivity index (χ0) is 23.8. The molecule has 0 atom stereocenters. The summed E-state index contributed by atoms with van der Waals surface area (Å²) in [5.41, 5.74) is 4.52. The van der Waals surface area contributed by atoms with Crippen molar-refractivity contribution in [3.05, 3.63) is 72.6 Å². The number of amides is 2. The molecule has 0 radical (unpaired) electrons. The second kappa shape index (κ2) is 8.66. The quantitative estimate of drug-likeness (QED) is 0.378. The number of ether oxygens (including phenoxy) is 2. The standard InChI is InChI=1S/C25H22F2N4O3/c1-29-15-28-21-10-6-18(11-23(21)29)30-13-16-3-7-20(34-14-24(26)27)12-22(16)31(25(30)32)17-4-8-19(33-2)9-5-17/h3-12,15,24H,13-14H2,1-2H3. The van der Waals surface area contributed by atoms with E-state index >= 15 is 0 Å². The molecule has 7 nitrogen and oxygen atoms in total. The van der Waals surface area contributed by atoms with Crippen molar-refractivity contribution in [3.63, 3.8) is 0 Å². The van der Waals surface area contributed by atoms with Gasteiger partial charge in [0.2, 0.25) is 0 Å². The summed E-state index contributed by atoms with van der Waals surface area (Å²) in [6.45, 7) is -0.397. The molecule has 2 amide bonds. The topological polar surface area (TPSA) is 59.8 Å². The number of carbonyl (C=O) groups is 1. The van der Waals surface area contributed by atoms with Crippen LogP contribution in [-0.2, 0) is 13.6 Å². The Labute approximate surface area is 194 Å². The highest BCUT2D eigenvalue weighted by Gasteiger charge is 2.33. The maximum absolute atomic E-state index is 13.8. The molecule has 0 fully saturated rings. The lowest BCUT2D eigenvalue weighted by atomic mass is 10.1. The Bertz CT molecular complexity index is 1350. The maximum atomic E-state index is 13.8. The lowest BCUT2D eigenvalue weighted by Crippen LogP contribution is -2.45. The number of imidazole rings is 1. The van der Waals surface area contributed by atoms with E-state index in [-0.39, 0.29) is 11.8 Å².